The number of hydrogen-bond donors (Lipinski definition) is 2. The van der Waals surface area contributed by atoms with E-state index in [2.05, 4.69) is 41.0 Å². The van der Waals surface area contributed by atoms with Crippen molar-refractivity contribution in [2.24, 2.45) is 5.73 Å². The fourth-order valence-electron chi connectivity index (χ4n) is 5.61. The Morgan fingerprint density at radius 3 is 2.29 bits per heavy atom. The number of rotatable bonds is 6. The van der Waals surface area contributed by atoms with Crippen molar-refractivity contribution in [1.29, 1.82) is 0 Å². The van der Waals surface area contributed by atoms with E-state index in [9.17, 15) is 9.50 Å². The van der Waals surface area contributed by atoms with Gasteiger partial charge in [-0.3, -0.25) is 4.68 Å². The van der Waals surface area contributed by atoms with Crippen molar-refractivity contribution in [3.63, 3.8) is 0 Å². The monoisotopic (exact) mass is 554 g/mol. The molecule has 2 aliphatic rings. The third kappa shape index (κ3) is 4.68. The van der Waals surface area contributed by atoms with Gasteiger partial charge in [-0.25, -0.2) is 23.9 Å². The second-order valence-electron chi connectivity index (χ2n) is 11.1. The molecule has 11 nitrogen and oxygen atoms in total. The summed E-state index contributed by atoms with van der Waals surface area (Å²) in [6.45, 7) is 4.86. The molecular formula is C29H31FN10O. The van der Waals surface area contributed by atoms with Crippen LogP contribution in [-0.2, 0) is 5.54 Å². The van der Waals surface area contributed by atoms with Crippen molar-refractivity contribution in [1.82, 2.24) is 34.3 Å². The first-order chi connectivity index (χ1) is 19.8. The number of aliphatic hydroxyl groups is 1. The molecule has 1 aliphatic carbocycles. The van der Waals surface area contributed by atoms with E-state index in [-0.39, 0.29) is 18.0 Å². The zero-order valence-corrected chi connectivity index (χ0v) is 22.7. The van der Waals surface area contributed by atoms with Crippen molar-refractivity contribution in [2.75, 3.05) is 36.0 Å². The Bertz CT molecular complexity index is 1670. The van der Waals surface area contributed by atoms with Crippen molar-refractivity contribution in [2.45, 2.75) is 37.5 Å². The normalized spacial score (nSPS) is 20.7. The van der Waals surface area contributed by atoms with Crippen LogP contribution < -0.4 is 15.5 Å². The van der Waals surface area contributed by atoms with E-state index in [1.54, 1.807) is 30.9 Å². The fourth-order valence-corrected chi connectivity index (χ4v) is 5.61. The quantitative estimate of drug-likeness (QED) is 0.326. The molecule has 0 amide bonds. The molecule has 7 rings (SSSR count). The van der Waals surface area contributed by atoms with Gasteiger partial charge in [0.15, 0.2) is 5.82 Å². The van der Waals surface area contributed by atoms with Crippen LogP contribution in [0.15, 0.2) is 67.6 Å². The predicted molar refractivity (Wildman–Crippen MR) is 152 cm³/mol. The van der Waals surface area contributed by atoms with Crippen molar-refractivity contribution in [3.8, 4) is 11.1 Å². The molecule has 5 heterocycles. The average Bonchev–Trinajstić information content (AvgIpc) is 3.63. The first kappa shape index (κ1) is 25.5. The number of halogens is 1. The molecule has 1 aliphatic heterocycles. The summed E-state index contributed by atoms with van der Waals surface area (Å²) in [5, 5.41) is 18.6. The lowest BCUT2D eigenvalue weighted by molar-refractivity contribution is 0.0434. The minimum Gasteiger partial charge on any atom is -0.393 e. The zero-order valence-electron chi connectivity index (χ0n) is 22.7. The molecule has 210 valence electrons. The summed E-state index contributed by atoms with van der Waals surface area (Å²) in [5.41, 5.74) is 10.3. The van der Waals surface area contributed by atoms with E-state index in [1.807, 2.05) is 34.7 Å². The Morgan fingerprint density at radius 2 is 1.59 bits per heavy atom. The molecule has 1 saturated carbocycles. The van der Waals surface area contributed by atoms with Crippen molar-refractivity contribution in [3.05, 3.63) is 84.6 Å². The third-order valence-electron chi connectivity index (χ3n) is 8.33. The highest BCUT2D eigenvalue weighted by atomic mass is 19.1. The molecule has 0 spiro atoms. The van der Waals surface area contributed by atoms with Crippen LogP contribution in [0.5, 0.6) is 0 Å². The molecule has 1 aromatic carbocycles. The molecule has 1 saturated heterocycles. The first-order valence-electron chi connectivity index (χ1n) is 13.8. The largest absolute Gasteiger partial charge is 0.393 e. The second-order valence-corrected chi connectivity index (χ2v) is 11.1. The van der Waals surface area contributed by atoms with Gasteiger partial charge in [0, 0.05) is 67.7 Å². The molecule has 1 atom stereocenters. The Hall–Kier alpha value is -4.42. The maximum atomic E-state index is 13.4. The van der Waals surface area contributed by atoms with E-state index in [0.717, 1.165) is 72.6 Å². The van der Waals surface area contributed by atoms with Crippen LogP contribution in [-0.4, -0.2) is 71.7 Å². The van der Waals surface area contributed by atoms with Crippen LogP contribution in [0.1, 0.15) is 36.9 Å². The number of nitrogens with zero attached hydrogens (tertiary/aromatic N) is 9. The number of fused-ring (bicyclic) bond motifs is 1. The molecule has 5 aromatic rings. The van der Waals surface area contributed by atoms with Crippen LogP contribution in [0.25, 0.3) is 16.6 Å². The van der Waals surface area contributed by atoms with E-state index in [4.69, 9.17) is 5.73 Å². The summed E-state index contributed by atoms with van der Waals surface area (Å²) < 4.78 is 17.2. The van der Waals surface area contributed by atoms with Gasteiger partial charge in [-0.1, -0.05) is 12.1 Å². The summed E-state index contributed by atoms with van der Waals surface area (Å²) in [6.07, 6.45) is 12.3. The van der Waals surface area contributed by atoms with E-state index in [1.165, 1.54) is 12.1 Å². The lowest BCUT2D eigenvalue weighted by Crippen LogP contribution is -2.47. The highest BCUT2D eigenvalue weighted by Crippen LogP contribution is 2.34. The number of aromatic nitrogens is 7. The van der Waals surface area contributed by atoms with E-state index in [0.29, 0.717) is 5.95 Å². The minimum atomic E-state index is -0.836. The zero-order chi connectivity index (χ0) is 28.1. The maximum absolute atomic E-state index is 13.4. The molecule has 4 aromatic heterocycles. The Morgan fingerprint density at radius 1 is 0.878 bits per heavy atom. The highest BCUT2D eigenvalue weighted by molar-refractivity contribution is 5.77. The standard InChI is InChI=1S/C29H31FN10O/c1-29(31,21-2-4-23(30)5-3-21)22-14-32-28(33-15-22)38-8-6-37(7-9-38)27-26-10-19(16-40(26)36-18-34-27)20-13-35-39(17-20)24-11-25(41)12-24/h2-5,10,13-18,24-25,41H,6-9,11-12,31H2,1H3/t24-,25-,29-/m0/s1. The van der Waals surface area contributed by atoms with Crippen LogP contribution in [0.2, 0.25) is 0 Å². The van der Waals surface area contributed by atoms with E-state index >= 15 is 0 Å². The number of nitrogens with two attached hydrogens (primary N) is 1. The maximum Gasteiger partial charge on any atom is 0.225 e. The minimum absolute atomic E-state index is 0.219. The Balaban J connectivity index is 1.04. The van der Waals surface area contributed by atoms with Gasteiger partial charge in [0.2, 0.25) is 5.95 Å². The van der Waals surface area contributed by atoms with Gasteiger partial charge in [-0.05, 0) is 43.5 Å². The van der Waals surface area contributed by atoms with Gasteiger partial charge >= 0.3 is 0 Å². The molecule has 0 unspecified atom stereocenters. The van der Waals surface area contributed by atoms with Crippen LogP contribution in [0.3, 0.4) is 0 Å². The first-order valence-corrected chi connectivity index (χ1v) is 13.8. The molecule has 41 heavy (non-hydrogen) atoms. The predicted octanol–water partition coefficient (Wildman–Crippen LogP) is 2.77. The molecule has 2 fully saturated rings. The smallest absolute Gasteiger partial charge is 0.225 e. The van der Waals surface area contributed by atoms with Crippen LogP contribution >= 0.6 is 0 Å². The summed E-state index contributed by atoms with van der Waals surface area (Å²) >= 11 is 0. The average molecular weight is 555 g/mol. The van der Waals surface area contributed by atoms with Gasteiger partial charge in [0.25, 0.3) is 0 Å². The lowest BCUT2D eigenvalue weighted by Gasteiger charge is -2.35. The summed E-state index contributed by atoms with van der Waals surface area (Å²) in [7, 11) is 0. The van der Waals surface area contributed by atoms with Crippen molar-refractivity contribution < 1.29 is 9.50 Å². The van der Waals surface area contributed by atoms with Crippen molar-refractivity contribution >= 4 is 17.3 Å². The number of benzene rings is 1. The number of piperazine rings is 1. The van der Waals surface area contributed by atoms with Gasteiger partial charge < -0.3 is 20.6 Å². The number of aliphatic hydroxyl groups excluding tert-OH is 1. The Labute approximate surface area is 236 Å². The van der Waals surface area contributed by atoms with Gasteiger partial charge in [-0.2, -0.15) is 10.2 Å². The van der Waals surface area contributed by atoms with Crippen LogP contribution in [0, 0.1) is 5.82 Å². The van der Waals surface area contributed by atoms with Gasteiger partial charge in [0.1, 0.15) is 17.7 Å². The Kier molecular flexibility index (Phi) is 6.16. The SMILES string of the molecule is C[C@](N)(c1ccc(F)cc1)c1cnc(N2CCN(c3ncnn4cc(-c5cnn([C@H]6C[C@H](O)C6)c5)cc34)CC2)nc1. The van der Waals surface area contributed by atoms with E-state index < -0.39 is 5.54 Å². The van der Waals surface area contributed by atoms with Gasteiger partial charge in [-0.15, -0.1) is 0 Å². The number of anilines is 2. The second kappa shape index (κ2) is 9.89. The summed E-state index contributed by atoms with van der Waals surface area (Å²) in [6, 6.07) is 8.56. The highest BCUT2D eigenvalue weighted by Gasteiger charge is 2.30. The number of hydrogen-bond acceptors (Lipinski definition) is 9. The fraction of sp³-hybridized carbons (Fsp3) is 0.345. The summed E-state index contributed by atoms with van der Waals surface area (Å²) in [4.78, 5) is 18.3. The summed E-state index contributed by atoms with van der Waals surface area (Å²) in [5.74, 6) is 1.24. The molecule has 12 heteroatoms. The van der Waals surface area contributed by atoms with Crippen LogP contribution in [0.4, 0.5) is 16.2 Å². The molecule has 0 bridgehead atoms. The van der Waals surface area contributed by atoms with Gasteiger partial charge in [0.05, 0.1) is 23.9 Å². The third-order valence-corrected chi connectivity index (χ3v) is 8.33. The molecule has 3 N–H and O–H groups in total. The lowest BCUT2D eigenvalue weighted by atomic mass is 9.87. The molecular weight excluding hydrogens is 523 g/mol. The molecule has 0 radical (unpaired) electrons. The topological polar surface area (TPSA) is 127 Å².